The van der Waals surface area contributed by atoms with Gasteiger partial charge in [-0.05, 0) is 50.0 Å². The van der Waals surface area contributed by atoms with Crippen LogP contribution in [0.1, 0.15) is 50.5 Å². The zero-order chi connectivity index (χ0) is 12.6. The van der Waals surface area contributed by atoms with E-state index in [1.54, 1.807) is 0 Å². The molecule has 1 fully saturated rings. The summed E-state index contributed by atoms with van der Waals surface area (Å²) >= 11 is 0. The van der Waals surface area contributed by atoms with E-state index in [1.165, 1.54) is 25.0 Å². The van der Waals surface area contributed by atoms with Gasteiger partial charge in [-0.25, -0.2) is 0 Å². The summed E-state index contributed by atoms with van der Waals surface area (Å²) in [7, 11) is 1.98. The van der Waals surface area contributed by atoms with Crippen LogP contribution < -0.4 is 5.73 Å². The molecule has 0 bridgehead atoms. The molecule has 1 aliphatic carbocycles. The van der Waals surface area contributed by atoms with Crippen LogP contribution >= 0.6 is 0 Å². The van der Waals surface area contributed by atoms with Crippen LogP contribution in [-0.2, 0) is 7.05 Å². The maximum Gasteiger partial charge on any atom is 0.0797 e. The molecule has 3 heteroatoms. The molecule has 0 aliphatic heterocycles. The Morgan fingerprint density at radius 3 is 2.35 bits per heavy atom. The first-order chi connectivity index (χ1) is 7.97. The minimum Gasteiger partial charge on any atom is -0.322 e. The topological polar surface area (TPSA) is 43.8 Å². The standard InChI is InChI=1S/C14H25N3/c1-9-5-10(2)7-12(6-9)14(15)13-8-11(3)17(4)16-13/h8-10,12,14H,5-7,15H2,1-4H3. The molecule has 1 aromatic rings. The Hall–Kier alpha value is -0.830. The summed E-state index contributed by atoms with van der Waals surface area (Å²) in [6.45, 7) is 6.77. The van der Waals surface area contributed by atoms with Crippen LogP contribution in [0.25, 0.3) is 0 Å². The van der Waals surface area contributed by atoms with Crippen molar-refractivity contribution in [3.05, 3.63) is 17.5 Å². The van der Waals surface area contributed by atoms with E-state index in [-0.39, 0.29) is 6.04 Å². The van der Waals surface area contributed by atoms with Gasteiger partial charge >= 0.3 is 0 Å². The molecular formula is C14H25N3. The van der Waals surface area contributed by atoms with Gasteiger partial charge in [0, 0.05) is 12.7 Å². The van der Waals surface area contributed by atoms with Crippen molar-refractivity contribution in [2.45, 2.75) is 46.1 Å². The summed E-state index contributed by atoms with van der Waals surface area (Å²) in [4.78, 5) is 0. The molecule has 17 heavy (non-hydrogen) atoms. The predicted molar refractivity (Wildman–Crippen MR) is 70.5 cm³/mol. The zero-order valence-electron chi connectivity index (χ0n) is 11.5. The number of nitrogens with two attached hydrogens (primary N) is 1. The number of nitrogens with zero attached hydrogens (tertiary/aromatic N) is 2. The van der Waals surface area contributed by atoms with Crippen molar-refractivity contribution in [3.8, 4) is 0 Å². The lowest BCUT2D eigenvalue weighted by Gasteiger charge is -2.34. The minimum atomic E-state index is 0.111. The van der Waals surface area contributed by atoms with Crippen LogP contribution in [0.15, 0.2) is 6.07 Å². The largest absolute Gasteiger partial charge is 0.322 e. The lowest BCUT2D eigenvalue weighted by atomic mass is 9.73. The summed E-state index contributed by atoms with van der Waals surface area (Å²) in [5, 5.41) is 4.53. The van der Waals surface area contributed by atoms with Crippen LogP contribution in [0, 0.1) is 24.7 Å². The predicted octanol–water partition coefficient (Wildman–Crippen LogP) is 2.80. The first kappa shape index (κ1) is 12.6. The average molecular weight is 235 g/mol. The summed E-state index contributed by atoms with van der Waals surface area (Å²) in [5.41, 5.74) is 8.65. The molecule has 0 radical (unpaired) electrons. The SMILES string of the molecule is Cc1cc(C(N)C2CC(C)CC(C)C2)nn1C. The van der Waals surface area contributed by atoms with E-state index < -0.39 is 0 Å². The van der Waals surface area contributed by atoms with Crippen molar-refractivity contribution in [3.63, 3.8) is 0 Å². The van der Waals surface area contributed by atoms with Crippen molar-refractivity contribution in [2.24, 2.45) is 30.5 Å². The second kappa shape index (κ2) is 4.81. The van der Waals surface area contributed by atoms with E-state index in [0.717, 1.165) is 17.5 Å². The third-order valence-corrected chi connectivity index (χ3v) is 4.20. The van der Waals surface area contributed by atoms with Crippen LogP contribution in [0.5, 0.6) is 0 Å². The lowest BCUT2D eigenvalue weighted by Crippen LogP contribution is -2.29. The maximum atomic E-state index is 6.40. The molecule has 0 amide bonds. The molecule has 2 N–H and O–H groups in total. The molecule has 0 saturated heterocycles. The smallest absolute Gasteiger partial charge is 0.0797 e. The Balaban J connectivity index is 2.11. The van der Waals surface area contributed by atoms with E-state index >= 15 is 0 Å². The molecule has 1 heterocycles. The molecule has 1 aromatic heterocycles. The average Bonchev–Trinajstić information content (AvgIpc) is 2.57. The van der Waals surface area contributed by atoms with E-state index in [4.69, 9.17) is 5.73 Å². The van der Waals surface area contributed by atoms with Crippen LogP contribution in [0.2, 0.25) is 0 Å². The van der Waals surface area contributed by atoms with Crippen molar-refractivity contribution in [1.82, 2.24) is 9.78 Å². The van der Waals surface area contributed by atoms with Gasteiger partial charge in [0.05, 0.1) is 11.7 Å². The van der Waals surface area contributed by atoms with E-state index in [9.17, 15) is 0 Å². The number of aryl methyl sites for hydroxylation is 2. The normalized spacial score (nSPS) is 31.5. The third kappa shape index (κ3) is 2.71. The van der Waals surface area contributed by atoms with Crippen molar-refractivity contribution in [2.75, 3.05) is 0 Å². The molecule has 2 rings (SSSR count). The van der Waals surface area contributed by atoms with Crippen LogP contribution in [0.3, 0.4) is 0 Å². The van der Waals surface area contributed by atoms with Crippen LogP contribution in [0.4, 0.5) is 0 Å². The second-order valence-electron chi connectivity index (χ2n) is 6.04. The van der Waals surface area contributed by atoms with Crippen LogP contribution in [-0.4, -0.2) is 9.78 Å². The molecule has 1 saturated carbocycles. The van der Waals surface area contributed by atoms with E-state index in [0.29, 0.717) is 5.92 Å². The second-order valence-corrected chi connectivity index (χ2v) is 6.04. The van der Waals surface area contributed by atoms with E-state index in [1.807, 2.05) is 11.7 Å². The third-order valence-electron chi connectivity index (χ3n) is 4.20. The molecule has 3 nitrogen and oxygen atoms in total. The lowest BCUT2D eigenvalue weighted by molar-refractivity contribution is 0.191. The minimum absolute atomic E-state index is 0.111. The molecule has 1 aliphatic rings. The highest BCUT2D eigenvalue weighted by molar-refractivity contribution is 5.13. The van der Waals surface area contributed by atoms with Gasteiger partial charge in [-0.1, -0.05) is 13.8 Å². The van der Waals surface area contributed by atoms with Crippen molar-refractivity contribution < 1.29 is 0 Å². The fourth-order valence-corrected chi connectivity index (χ4v) is 3.30. The van der Waals surface area contributed by atoms with Gasteiger partial charge in [0.25, 0.3) is 0 Å². The van der Waals surface area contributed by atoms with Crippen molar-refractivity contribution >= 4 is 0 Å². The Kier molecular flexibility index (Phi) is 3.57. The maximum absolute atomic E-state index is 6.40. The summed E-state index contributed by atoms with van der Waals surface area (Å²) in [6.07, 6.45) is 3.85. The van der Waals surface area contributed by atoms with Gasteiger partial charge in [-0.15, -0.1) is 0 Å². The highest BCUT2D eigenvalue weighted by Crippen LogP contribution is 2.38. The monoisotopic (exact) mass is 235 g/mol. The Bertz CT molecular complexity index is 353. The Morgan fingerprint density at radius 2 is 1.88 bits per heavy atom. The highest BCUT2D eigenvalue weighted by Gasteiger charge is 2.30. The number of rotatable bonds is 2. The Labute approximate surface area is 104 Å². The summed E-state index contributed by atoms with van der Waals surface area (Å²) < 4.78 is 1.92. The molecule has 3 unspecified atom stereocenters. The molecule has 3 atom stereocenters. The fourth-order valence-electron chi connectivity index (χ4n) is 3.30. The zero-order valence-corrected chi connectivity index (χ0v) is 11.5. The van der Waals surface area contributed by atoms with Gasteiger partial charge in [-0.2, -0.15) is 5.10 Å². The number of hydrogen-bond acceptors (Lipinski definition) is 2. The van der Waals surface area contributed by atoms with Gasteiger partial charge in [0.2, 0.25) is 0 Å². The molecule has 96 valence electrons. The number of hydrogen-bond donors (Lipinski definition) is 1. The van der Waals surface area contributed by atoms with Gasteiger partial charge < -0.3 is 5.73 Å². The molecule has 0 spiro atoms. The van der Waals surface area contributed by atoms with Crippen molar-refractivity contribution in [1.29, 1.82) is 0 Å². The summed E-state index contributed by atoms with van der Waals surface area (Å²) in [5.74, 6) is 2.21. The first-order valence-electron chi connectivity index (χ1n) is 6.73. The molecule has 0 aromatic carbocycles. The van der Waals surface area contributed by atoms with Gasteiger partial charge in [-0.3, -0.25) is 4.68 Å². The van der Waals surface area contributed by atoms with E-state index in [2.05, 4.69) is 31.9 Å². The van der Waals surface area contributed by atoms with Gasteiger partial charge in [0.15, 0.2) is 0 Å². The quantitative estimate of drug-likeness (QED) is 0.856. The molecular weight excluding hydrogens is 210 g/mol. The van der Waals surface area contributed by atoms with Gasteiger partial charge in [0.1, 0.15) is 0 Å². The summed E-state index contributed by atoms with van der Waals surface area (Å²) in [6, 6.07) is 2.24. The highest BCUT2D eigenvalue weighted by atomic mass is 15.3. The Morgan fingerprint density at radius 1 is 1.29 bits per heavy atom. The fraction of sp³-hybridized carbons (Fsp3) is 0.786. The first-order valence-corrected chi connectivity index (χ1v) is 6.73. The number of aromatic nitrogens is 2.